The van der Waals surface area contributed by atoms with Crippen LogP contribution in [0, 0.1) is 5.82 Å². The molecular weight excluding hydrogens is 263 g/mol. The Balaban J connectivity index is 2.36. The SMILES string of the molecule is CCc1ccc(C(NN)c2ccc(OC)cc2F)s1. The molecule has 1 heterocycles. The third-order valence-corrected chi connectivity index (χ3v) is 4.30. The number of methoxy groups -OCH3 is 1. The normalized spacial score (nSPS) is 12.4. The number of hydrazine groups is 1. The molecule has 102 valence electrons. The summed E-state index contributed by atoms with van der Waals surface area (Å²) in [7, 11) is 1.51. The van der Waals surface area contributed by atoms with Crippen LogP contribution in [0.3, 0.4) is 0 Å². The fraction of sp³-hybridized carbons (Fsp3) is 0.286. The molecule has 1 aromatic carbocycles. The van der Waals surface area contributed by atoms with E-state index in [1.807, 2.05) is 12.1 Å². The third-order valence-electron chi connectivity index (χ3n) is 3.00. The molecule has 0 aliphatic carbocycles. The molecule has 0 spiro atoms. The van der Waals surface area contributed by atoms with Gasteiger partial charge in [-0.3, -0.25) is 5.84 Å². The smallest absolute Gasteiger partial charge is 0.132 e. The van der Waals surface area contributed by atoms with Crippen LogP contribution in [-0.2, 0) is 6.42 Å². The summed E-state index contributed by atoms with van der Waals surface area (Å²) >= 11 is 1.64. The van der Waals surface area contributed by atoms with Crippen LogP contribution in [0.1, 0.15) is 28.3 Å². The van der Waals surface area contributed by atoms with Crippen molar-refractivity contribution in [3.05, 3.63) is 51.5 Å². The minimum Gasteiger partial charge on any atom is -0.497 e. The van der Waals surface area contributed by atoms with Gasteiger partial charge in [0.25, 0.3) is 0 Å². The molecule has 0 saturated heterocycles. The van der Waals surface area contributed by atoms with Gasteiger partial charge in [-0.25, -0.2) is 9.82 Å². The Hall–Kier alpha value is -1.43. The zero-order valence-corrected chi connectivity index (χ0v) is 11.8. The van der Waals surface area contributed by atoms with E-state index in [0.29, 0.717) is 11.3 Å². The van der Waals surface area contributed by atoms with Crippen molar-refractivity contribution in [1.82, 2.24) is 5.43 Å². The monoisotopic (exact) mass is 280 g/mol. The quantitative estimate of drug-likeness (QED) is 0.654. The van der Waals surface area contributed by atoms with Crippen molar-refractivity contribution in [3.63, 3.8) is 0 Å². The van der Waals surface area contributed by atoms with Gasteiger partial charge < -0.3 is 4.74 Å². The van der Waals surface area contributed by atoms with Crippen LogP contribution in [0.2, 0.25) is 0 Å². The number of halogens is 1. The van der Waals surface area contributed by atoms with Crippen LogP contribution >= 0.6 is 11.3 Å². The number of benzene rings is 1. The molecule has 0 saturated carbocycles. The second-order valence-corrected chi connectivity index (χ2v) is 5.34. The summed E-state index contributed by atoms with van der Waals surface area (Å²) in [5.74, 6) is 5.76. The second kappa shape index (κ2) is 6.14. The highest BCUT2D eigenvalue weighted by atomic mass is 32.1. The third kappa shape index (κ3) is 2.94. The molecule has 0 aliphatic rings. The summed E-state index contributed by atoms with van der Waals surface area (Å²) in [6.07, 6.45) is 0.965. The number of rotatable bonds is 5. The van der Waals surface area contributed by atoms with E-state index in [4.69, 9.17) is 10.6 Å². The minimum absolute atomic E-state index is 0.325. The zero-order valence-electron chi connectivity index (χ0n) is 10.9. The van der Waals surface area contributed by atoms with Crippen LogP contribution in [0.5, 0.6) is 5.75 Å². The van der Waals surface area contributed by atoms with Crippen LogP contribution < -0.4 is 16.0 Å². The van der Waals surface area contributed by atoms with E-state index in [1.54, 1.807) is 23.5 Å². The highest BCUT2D eigenvalue weighted by Crippen LogP contribution is 2.31. The van der Waals surface area contributed by atoms with Crippen molar-refractivity contribution in [1.29, 1.82) is 0 Å². The van der Waals surface area contributed by atoms with Crippen LogP contribution in [-0.4, -0.2) is 7.11 Å². The van der Waals surface area contributed by atoms with Gasteiger partial charge in [-0.2, -0.15) is 0 Å². The topological polar surface area (TPSA) is 47.3 Å². The molecule has 1 aromatic heterocycles. The van der Waals surface area contributed by atoms with Gasteiger partial charge in [-0.1, -0.05) is 13.0 Å². The zero-order chi connectivity index (χ0) is 13.8. The molecular formula is C14H17FN2OS. The van der Waals surface area contributed by atoms with Gasteiger partial charge in [0, 0.05) is 21.4 Å². The summed E-state index contributed by atoms with van der Waals surface area (Å²) in [6.45, 7) is 2.09. The summed E-state index contributed by atoms with van der Waals surface area (Å²) in [4.78, 5) is 2.26. The van der Waals surface area contributed by atoms with Gasteiger partial charge in [-0.15, -0.1) is 11.3 Å². The van der Waals surface area contributed by atoms with E-state index in [-0.39, 0.29) is 11.9 Å². The lowest BCUT2D eigenvalue weighted by atomic mass is 10.1. The number of hydrogen-bond donors (Lipinski definition) is 2. The molecule has 0 amide bonds. The molecule has 1 atom stereocenters. The minimum atomic E-state index is -0.337. The van der Waals surface area contributed by atoms with E-state index >= 15 is 0 Å². The van der Waals surface area contributed by atoms with Crippen molar-refractivity contribution < 1.29 is 9.13 Å². The number of ether oxygens (including phenoxy) is 1. The first-order valence-corrected chi connectivity index (χ1v) is 6.89. The Labute approximate surface area is 116 Å². The molecule has 0 bridgehead atoms. The molecule has 2 rings (SSSR count). The average molecular weight is 280 g/mol. The van der Waals surface area contributed by atoms with Gasteiger partial charge >= 0.3 is 0 Å². The Morgan fingerprint density at radius 1 is 1.37 bits per heavy atom. The Kier molecular flexibility index (Phi) is 4.52. The Morgan fingerprint density at radius 2 is 2.16 bits per heavy atom. The fourth-order valence-electron chi connectivity index (χ4n) is 1.93. The molecule has 0 fully saturated rings. The van der Waals surface area contributed by atoms with Gasteiger partial charge in [0.05, 0.1) is 13.2 Å². The molecule has 19 heavy (non-hydrogen) atoms. The fourth-order valence-corrected chi connectivity index (χ4v) is 2.97. The number of nitrogens with one attached hydrogen (secondary N) is 1. The second-order valence-electron chi connectivity index (χ2n) is 4.14. The van der Waals surface area contributed by atoms with Crippen molar-refractivity contribution in [2.45, 2.75) is 19.4 Å². The van der Waals surface area contributed by atoms with Gasteiger partial charge in [0.1, 0.15) is 11.6 Å². The number of aryl methyl sites for hydroxylation is 1. The number of nitrogens with two attached hydrogens (primary N) is 1. The van der Waals surface area contributed by atoms with E-state index in [1.165, 1.54) is 18.1 Å². The molecule has 3 N–H and O–H groups in total. The summed E-state index contributed by atoms with van der Waals surface area (Å²) in [6, 6.07) is 8.50. The van der Waals surface area contributed by atoms with Crippen molar-refractivity contribution in [3.8, 4) is 5.75 Å². The van der Waals surface area contributed by atoms with E-state index in [9.17, 15) is 4.39 Å². The lowest BCUT2D eigenvalue weighted by molar-refractivity contribution is 0.410. The molecule has 5 heteroatoms. The van der Waals surface area contributed by atoms with Crippen LogP contribution in [0.4, 0.5) is 4.39 Å². The highest BCUT2D eigenvalue weighted by Gasteiger charge is 2.18. The molecule has 3 nitrogen and oxygen atoms in total. The van der Waals surface area contributed by atoms with Gasteiger partial charge in [-0.05, 0) is 24.6 Å². The van der Waals surface area contributed by atoms with E-state index in [0.717, 1.165) is 11.3 Å². The van der Waals surface area contributed by atoms with Gasteiger partial charge in [0.2, 0.25) is 0 Å². The standard InChI is InChI=1S/C14H17FN2OS/c1-3-10-5-7-13(19-10)14(17-16)11-6-4-9(18-2)8-12(11)15/h4-8,14,17H,3,16H2,1-2H3. The maximum atomic E-state index is 14.1. The largest absolute Gasteiger partial charge is 0.497 e. The van der Waals surface area contributed by atoms with Crippen LogP contribution in [0.15, 0.2) is 30.3 Å². The van der Waals surface area contributed by atoms with Gasteiger partial charge in [0.15, 0.2) is 0 Å². The maximum absolute atomic E-state index is 14.1. The van der Waals surface area contributed by atoms with E-state index in [2.05, 4.69) is 12.3 Å². The molecule has 0 radical (unpaired) electrons. The Bertz CT molecular complexity index is 556. The lowest BCUT2D eigenvalue weighted by Gasteiger charge is -2.16. The number of thiophene rings is 1. The van der Waals surface area contributed by atoms with Crippen LogP contribution in [0.25, 0.3) is 0 Å². The first-order chi connectivity index (χ1) is 9.19. The van der Waals surface area contributed by atoms with Crippen molar-refractivity contribution in [2.75, 3.05) is 7.11 Å². The summed E-state index contributed by atoms with van der Waals surface area (Å²) < 4.78 is 19.1. The average Bonchev–Trinajstić information content (AvgIpc) is 2.90. The first kappa shape index (κ1) is 14.0. The molecule has 0 aliphatic heterocycles. The number of hydrogen-bond acceptors (Lipinski definition) is 4. The highest BCUT2D eigenvalue weighted by molar-refractivity contribution is 7.12. The molecule has 1 unspecified atom stereocenters. The lowest BCUT2D eigenvalue weighted by Crippen LogP contribution is -2.28. The van der Waals surface area contributed by atoms with Crippen molar-refractivity contribution in [2.24, 2.45) is 5.84 Å². The summed E-state index contributed by atoms with van der Waals surface area (Å²) in [5.41, 5.74) is 3.20. The summed E-state index contributed by atoms with van der Waals surface area (Å²) in [5, 5.41) is 0. The van der Waals surface area contributed by atoms with Crippen molar-refractivity contribution >= 4 is 11.3 Å². The molecule has 2 aromatic rings. The maximum Gasteiger partial charge on any atom is 0.132 e. The predicted molar refractivity (Wildman–Crippen MR) is 75.8 cm³/mol. The van der Waals surface area contributed by atoms with E-state index < -0.39 is 0 Å². The predicted octanol–water partition coefficient (Wildman–Crippen LogP) is 3.01. The first-order valence-electron chi connectivity index (χ1n) is 6.07. The Morgan fingerprint density at radius 3 is 2.68 bits per heavy atom.